The zero-order valence-corrected chi connectivity index (χ0v) is 9.25. The molecule has 1 nitrogen and oxygen atoms in total. The van der Waals surface area contributed by atoms with Crippen LogP contribution in [0.15, 0.2) is 42.5 Å². The number of carbonyl (C=O) groups excluding carboxylic acids is 1. The molecule has 74 valence electrons. The van der Waals surface area contributed by atoms with Gasteiger partial charge in [-0.2, -0.15) is 0 Å². The summed E-state index contributed by atoms with van der Waals surface area (Å²) in [5, 5.41) is 0.379. The van der Waals surface area contributed by atoms with Gasteiger partial charge >= 0.3 is 0 Å². The van der Waals surface area contributed by atoms with Crippen LogP contribution in [0.1, 0.15) is 24.2 Å². The minimum absolute atomic E-state index is 0.135. The molecule has 0 aliphatic heterocycles. The van der Waals surface area contributed by atoms with Gasteiger partial charge in [-0.15, -0.1) is 0 Å². The van der Waals surface area contributed by atoms with E-state index < -0.39 is 0 Å². The Balaban J connectivity index is 2.59. The molecule has 1 aromatic rings. The lowest BCUT2D eigenvalue weighted by atomic mass is 10.2. The molecular weight excluding hydrogens is 192 g/mol. The summed E-state index contributed by atoms with van der Waals surface area (Å²) in [5.74, 6) is 0. The van der Waals surface area contributed by atoms with Crippen molar-refractivity contribution in [2.75, 3.05) is 0 Å². The van der Waals surface area contributed by atoms with Crippen LogP contribution in [0.4, 0.5) is 0 Å². The highest BCUT2D eigenvalue weighted by molar-refractivity contribution is 8.14. The van der Waals surface area contributed by atoms with Gasteiger partial charge in [-0.1, -0.05) is 54.2 Å². The molecule has 0 saturated carbocycles. The normalized spacial score (nSPS) is 13.0. The van der Waals surface area contributed by atoms with Gasteiger partial charge in [0, 0.05) is 10.8 Å². The molecule has 0 aliphatic rings. The highest BCUT2D eigenvalue weighted by Crippen LogP contribution is 2.18. The monoisotopic (exact) mass is 206 g/mol. The Kier molecular flexibility index (Phi) is 4.47. The molecule has 0 aliphatic carbocycles. The van der Waals surface area contributed by atoms with Crippen molar-refractivity contribution in [3.63, 3.8) is 0 Å². The predicted molar refractivity (Wildman–Crippen MR) is 62.6 cm³/mol. The smallest absolute Gasteiger partial charge is 0.219 e. The van der Waals surface area contributed by atoms with E-state index in [0.29, 0.717) is 0 Å². The maximum Gasteiger partial charge on any atom is 0.219 e. The molecule has 14 heavy (non-hydrogen) atoms. The summed E-state index contributed by atoms with van der Waals surface area (Å²) >= 11 is 1.35. The average Bonchev–Trinajstić information content (AvgIpc) is 2.19. The van der Waals surface area contributed by atoms with Crippen LogP contribution in [0.25, 0.3) is 0 Å². The van der Waals surface area contributed by atoms with E-state index in [1.807, 2.05) is 56.3 Å². The molecule has 1 aromatic carbocycles. The first kappa shape index (κ1) is 11.1. The first-order valence-electron chi connectivity index (χ1n) is 4.63. The molecule has 1 atom stereocenters. The molecule has 0 unspecified atom stereocenters. The van der Waals surface area contributed by atoms with Crippen molar-refractivity contribution in [3.05, 3.63) is 48.0 Å². The van der Waals surface area contributed by atoms with Crippen molar-refractivity contribution in [1.29, 1.82) is 0 Å². The minimum Gasteiger partial charge on any atom is -0.282 e. The summed E-state index contributed by atoms with van der Waals surface area (Å²) in [6, 6.07) is 9.37. The predicted octanol–water partition coefficient (Wildman–Crippen LogP) is 3.52. The van der Waals surface area contributed by atoms with E-state index >= 15 is 0 Å². The first-order valence-corrected chi connectivity index (χ1v) is 5.51. The van der Waals surface area contributed by atoms with E-state index in [4.69, 9.17) is 0 Å². The van der Waals surface area contributed by atoms with E-state index in [2.05, 4.69) is 0 Å². The van der Waals surface area contributed by atoms with Gasteiger partial charge in [-0.25, -0.2) is 0 Å². The van der Waals surface area contributed by atoms with Crippen LogP contribution >= 0.6 is 11.8 Å². The molecule has 0 N–H and O–H groups in total. The van der Waals surface area contributed by atoms with Gasteiger partial charge in [-0.3, -0.25) is 4.79 Å². The number of thioether (sulfide) groups is 1. The first-order chi connectivity index (χ1) is 6.74. The number of carbonyl (C=O) groups is 1. The Hall–Kier alpha value is -1.02. The molecule has 0 aromatic heterocycles. The standard InChI is InChI=1S/C12H14OS/c1-3-7-10(2)14-12(13)11-8-5-4-6-9-11/h3-10H,1-2H3/b7-3+/t10-/m1/s1. The van der Waals surface area contributed by atoms with Crippen LogP contribution in [0.5, 0.6) is 0 Å². The minimum atomic E-state index is 0.135. The Labute approximate surface area is 89.2 Å². The highest BCUT2D eigenvalue weighted by Gasteiger charge is 2.08. The fourth-order valence-electron chi connectivity index (χ4n) is 1.12. The summed E-state index contributed by atoms with van der Waals surface area (Å²) < 4.78 is 0. The Morgan fingerprint density at radius 2 is 2.00 bits per heavy atom. The van der Waals surface area contributed by atoms with E-state index in [0.717, 1.165) is 5.56 Å². The number of benzene rings is 1. The maximum absolute atomic E-state index is 11.7. The van der Waals surface area contributed by atoms with Crippen molar-refractivity contribution in [1.82, 2.24) is 0 Å². The van der Waals surface area contributed by atoms with Gasteiger partial charge in [0.15, 0.2) is 0 Å². The highest BCUT2D eigenvalue weighted by atomic mass is 32.2. The Morgan fingerprint density at radius 1 is 1.36 bits per heavy atom. The van der Waals surface area contributed by atoms with Gasteiger partial charge in [0.25, 0.3) is 0 Å². The second kappa shape index (κ2) is 5.66. The average molecular weight is 206 g/mol. The second-order valence-corrected chi connectivity index (χ2v) is 4.35. The zero-order valence-electron chi connectivity index (χ0n) is 8.44. The summed E-state index contributed by atoms with van der Waals surface area (Å²) in [4.78, 5) is 11.7. The van der Waals surface area contributed by atoms with E-state index in [1.165, 1.54) is 11.8 Å². The number of hydrogen-bond donors (Lipinski definition) is 0. The van der Waals surface area contributed by atoms with Crippen molar-refractivity contribution in [2.24, 2.45) is 0 Å². The van der Waals surface area contributed by atoms with Crippen LogP contribution in [0, 0.1) is 0 Å². The molecule has 0 fully saturated rings. The summed E-state index contributed by atoms with van der Waals surface area (Å²) in [5.41, 5.74) is 0.772. The second-order valence-electron chi connectivity index (χ2n) is 3.00. The molecule has 1 rings (SSSR count). The SMILES string of the molecule is C/C=C/[C@@H](C)SC(=O)c1ccccc1. The van der Waals surface area contributed by atoms with Crippen LogP contribution < -0.4 is 0 Å². The Bertz CT molecular complexity index is 316. The van der Waals surface area contributed by atoms with E-state index in [9.17, 15) is 4.79 Å². The van der Waals surface area contributed by atoms with E-state index in [-0.39, 0.29) is 10.4 Å². The molecule has 0 amide bonds. The summed E-state index contributed by atoms with van der Waals surface area (Å²) in [6.07, 6.45) is 3.99. The van der Waals surface area contributed by atoms with Crippen molar-refractivity contribution < 1.29 is 4.79 Å². The molecular formula is C12H14OS. The number of allylic oxidation sites excluding steroid dienone is 1. The van der Waals surface area contributed by atoms with Crippen LogP contribution in [0.2, 0.25) is 0 Å². The lowest BCUT2D eigenvalue weighted by Gasteiger charge is -2.04. The van der Waals surface area contributed by atoms with Crippen LogP contribution in [0.3, 0.4) is 0 Å². The fraction of sp³-hybridized carbons (Fsp3) is 0.250. The van der Waals surface area contributed by atoms with Crippen molar-refractivity contribution in [3.8, 4) is 0 Å². The van der Waals surface area contributed by atoms with Gasteiger partial charge in [0.1, 0.15) is 0 Å². The van der Waals surface area contributed by atoms with Crippen molar-refractivity contribution >= 4 is 16.9 Å². The lowest BCUT2D eigenvalue weighted by molar-refractivity contribution is 0.108. The topological polar surface area (TPSA) is 17.1 Å². The molecule has 2 heteroatoms. The molecule has 0 bridgehead atoms. The fourth-order valence-corrected chi connectivity index (χ4v) is 1.97. The Morgan fingerprint density at radius 3 is 2.57 bits per heavy atom. The van der Waals surface area contributed by atoms with Crippen LogP contribution in [-0.4, -0.2) is 10.4 Å². The molecule has 0 spiro atoms. The third-order valence-corrected chi connectivity index (χ3v) is 2.74. The third-order valence-electron chi connectivity index (χ3n) is 1.77. The molecule has 0 saturated heterocycles. The van der Waals surface area contributed by atoms with Gasteiger partial charge in [0.2, 0.25) is 5.12 Å². The van der Waals surface area contributed by atoms with Crippen LogP contribution in [-0.2, 0) is 0 Å². The van der Waals surface area contributed by atoms with Gasteiger partial charge in [-0.05, 0) is 13.8 Å². The van der Waals surface area contributed by atoms with Gasteiger partial charge in [0.05, 0.1) is 0 Å². The van der Waals surface area contributed by atoms with Gasteiger partial charge < -0.3 is 0 Å². The van der Waals surface area contributed by atoms with Crippen molar-refractivity contribution in [2.45, 2.75) is 19.1 Å². The quantitative estimate of drug-likeness (QED) is 0.704. The maximum atomic E-state index is 11.7. The number of hydrogen-bond acceptors (Lipinski definition) is 2. The summed E-state index contributed by atoms with van der Waals surface area (Å²) in [7, 11) is 0. The largest absolute Gasteiger partial charge is 0.282 e. The summed E-state index contributed by atoms with van der Waals surface area (Å²) in [6.45, 7) is 3.98. The molecule has 0 heterocycles. The zero-order chi connectivity index (χ0) is 10.4. The number of rotatable bonds is 3. The molecule has 0 radical (unpaired) electrons. The van der Waals surface area contributed by atoms with E-state index in [1.54, 1.807) is 0 Å². The lowest BCUT2D eigenvalue weighted by Crippen LogP contribution is -1.99. The third kappa shape index (κ3) is 3.38.